The Balaban J connectivity index is 2.58. The van der Waals surface area contributed by atoms with E-state index in [1.165, 1.54) is 0 Å². The summed E-state index contributed by atoms with van der Waals surface area (Å²) in [6, 6.07) is -0.601. The van der Waals surface area contributed by atoms with Crippen LogP contribution in [0.3, 0.4) is 0 Å². The molecule has 1 heterocycles. The highest BCUT2D eigenvalue weighted by Gasteiger charge is 2.40. The summed E-state index contributed by atoms with van der Waals surface area (Å²) in [6.07, 6.45) is 0.832. The van der Waals surface area contributed by atoms with Crippen LogP contribution in [0.1, 0.15) is 26.7 Å². The number of carboxylic acid groups (broad SMARTS) is 1. The van der Waals surface area contributed by atoms with Crippen molar-refractivity contribution in [2.24, 2.45) is 17.1 Å². The van der Waals surface area contributed by atoms with Gasteiger partial charge in [-0.2, -0.15) is 0 Å². The molecule has 1 atom stereocenters. The van der Waals surface area contributed by atoms with Gasteiger partial charge >= 0.3 is 5.97 Å². The molecule has 1 fully saturated rings. The van der Waals surface area contributed by atoms with Crippen molar-refractivity contribution in [2.45, 2.75) is 32.7 Å². The predicted molar refractivity (Wildman–Crippen MR) is 65.9 cm³/mol. The van der Waals surface area contributed by atoms with Crippen LogP contribution in [0.4, 0.5) is 0 Å². The van der Waals surface area contributed by atoms with Crippen molar-refractivity contribution in [1.29, 1.82) is 0 Å². The van der Waals surface area contributed by atoms with Gasteiger partial charge in [0, 0.05) is 19.8 Å². The number of carbonyl (C=O) groups is 2. The quantitative estimate of drug-likeness (QED) is 0.642. The molecule has 104 valence electrons. The van der Waals surface area contributed by atoms with Gasteiger partial charge < -0.3 is 20.9 Å². The van der Waals surface area contributed by atoms with Crippen LogP contribution < -0.4 is 11.1 Å². The second-order valence-corrected chi connectivity index (χ2v) is 5.19. The van der Waals surface area contributed by atoms with E-state index in [0.29, 0.717) is 26.1 Å². The fraction of sp³-hybridized carbons (Fsp3) is 0.833. The highest BCUT2D eigenvalue weighted by Crippen LogP contribution is 2.30. The molecular weight excluding hydrogens is 236 g/mol. The van der Waals surface area contributed by atoms with Gasteiger partial charge in [0.05, 0.1) is 11.5 Å². The normalized spacial score (nSPS) is 20.4. The molecule has 0 radical (unpaired) electrons. The Kier molecular flexibility index (Phi) is 5.10. The van der Waals surface area contributed by atoms with E-state index in [9.17, 15) is 14.7 Å². The maximum atomic E-state index is 11.7. The smallest absolute Gasteiger partial charge is 0.311 e. The molecule has 4 N–H and O–H groups in total. The first-order valence-electron chi connectivity index (χ1n) is 6.23. The lowest BCUT2D eigenvalue weighted by molar-refractivity contribution is -0.154. The van der Waals surface area contributed by atoms with Crippen molar-refractivity contribution in [1.82, 2.24) is 5.32 Å². The molecule has 0 spiro atoms. The van der Waals surface area contributed by atoms with Crippen LogP contribution in [0.25, 0.3) is 0 Å². The van der Waals surface area contributed by atoms with Crippen molar-refractivity contribution >= 4 is 11.9 Å². The predicted octanol–water partition coefficient (Wildman–Crippen LogP) is -0.0327. The number of aliphatic carboxylic acids is 1. The largest absolute Gasteiger partial charge is 0.481 e. The van der Waals surface area contributed by atoms with Crippen LogP contribution in [0.15, 0.2) is 0 Å². The SMILES string of the molecule is CC(C)[C@@H](N)C(=O)NCC1(C(=O)O)CCOCC1. The molecule has 0 aromatic rings. The molecule has 18 heavy (non-hydrogen) atoms. The average molecular weight is 258 g/mol. The van der Waals surface area contributed by atoms with Gasteiger partial charge in [-0.05, 0) is 18.8 Å². The van der Waals surface area contributed by atoms with E-state index in [4.69, 9.17) is 10.5 Å². The van der Waals surface area contributed by atoms with Gasteiger partial charge in [0.25, 0.3) is 0 Å². The third-order valence-electron chi connectivity index (χ3n) is 3.53. The van der Waals surface area contributed by atoms with Gasteiger partial charge in [0.1, 0.15) is 0 Å². The van der Waals surface area contributed by atoms with Crippen molar-refractivity contribution in [3.63, 3.8) is 0 Å². The molecule has 1 aliphatic heterocycles. The molecule has 0 bridgehead atoms. The van der Waals surface area contributed by atoms with E-state index >= 15 is 0 Å². The Labute approximate surface area is 107 Å². The van der Waals surface area contributed by atoms with Crippen LogP contribution in [-0.4, -0.2) is 42.8 Å². The van der Waals surface area contributed by atoms with Gasteiger partial charge in [0.2, 0.25) is 5.91 Å². The van der Waals surface area contributed by atoms with E-state index in [0.717, 1.165) is 0 Å². The van der Waals surface area contributed by atoms with Crippen LogP contribution in [0.5, 0.6) is 0 Å². The maximum absolute atomic E-state index is 11.7. The minimum Gasteiger partial charge on any atom is -0.481 e. The van der Waals surface area contributed by atoms with E-state index in [-0.39, 0.29) is 18.4 Å². The molecule has 0 unspecified atom stereocenters. The molecular formula is C12H22N2O4. The van der Waals surface area contributed by atoms with Crippen molar-refractivity contribution < 1.29 is 19.4 Å². The summed E-state index contributed by atoms with van der Waals surface area (Å²) in [4.78, 5) is 23.1. The van der Waals surface area contributed by atoms with Gasteiger partial charge in [-0.25, -0.2) is 0 Å². The number of nitrogens with two attached hydrogens (primary N) is 1. The van der Waals surface area contributed by atoms with E-state index < -0.39 is 17.4 Å². The van der Waals surface area contributed by atoms with E-state index in [1.807, 2.05) is 13.8 Å². The molecule has 0 aliphatic carbocycles. The number of hydrogen-bond donors (Lipinski definition) is 3. The number of nitrogens with one attached hydrogen (secondary N) is 1. The number of amides is 1. The fourth-order valence-electron chi connectivity index (χ4n) is 1.91. The standard InChI is InChI=1S/C12H22N2O4/c1-8(2)9(13)10(15)14-7-12(11(16)17)3-5-18-6-4-12/h8-9H,3-7,13H2,1-2H3,(H,14,15)(H,16,17)/t9-/m1/s1. The summed E-state index contributed by atoms with van der Waals surface area (Å²) in [5.41, 5.74) is 4.80. The Bertz CT molecular complexity index is 311. The first-order valence-corrected chi connectivity index (χ1v) is 6.23. The second-order valence-electron chi connectivity index (χ2n) is 5.19. The van der Waals surface area contributed by atoms with E-state index in [2.05, 4.69) is 5.32 Å². The molecule has 0 saturated carbocycles. The van der Waals surface area contributed by atoms with Crippen molar-refractivity contribution in [3.05, 3.63) is 0 Å². The molecule has 0 aromatic heterocycles. The van der Waals surface area contributed by atoms with Crippen LogP contribution in [0.2, 0.25) is 0 Å². The zero-order valence-corrected chi connectivity index (χ0v) is 10.9. The number of hydrogen-bond acceptors (Lipinski definition) is 4. The highest BCUT2D eigenvalue weighted by molar-refractivity contribution is 5.83. The maximum Gasteiger partial charge on any atom is 0.311 e. The molecule has 0 aromatic carbocycles. The molecule has 1 aliphatic rings. The van der Waals surface area contributed by atoms with Crippen LogP contribution >= 0.6 is 0 Å². The molecule has 1 amide bonds. The van der Waals surface area contributed by atoms with Gasteiger partial charge in [-0.3, -0.25) is 9.59 Å². The lowest BCUT2D eigenvalue weighted by Crippen LogP contribution is -2.51. The third kappa shape index (κ3) is 3.43. The zero-order valence-electron chi connectivity index (χ0n) is 10.9. The minimum atomic E-state index is -0.912. The van der Waals surface area contributed by atoms with E-state index in [1.54, 1.807) is 0 Å². The summed E-state index contributed by atoms with van der Waals surface area (Å²) in [6.45, 7) is 4.65. The summed E-state index contributed by atoms with van der Waals surface area (Å²) >= 11 is 0. The Hall–Kier alpha value is -1.14. The topological polar surface area (TPSA) is 102 Å². The zero-order chi connectivity index (χ0) is 13.8. The Morgan fingerprint density at radius 1 is 1.39 bits per heavy atom. The number of carboxylic acids is 1. The lowest BCUT2D eigenvalue weighted by Gasteiger charge is -2.33. The number of ether oxygens (including phenoxy) is 1. The summed E-state index contributed by atoms with van der Waals surface area (Å²) < 4.78 is 5.17. The number of carbonyl (C=O) groups excluding carboxylic acids is 1. The van der Waals surface area contributed by atoms with Crippen molar-refractivity contribution in [2.75, 3.05) is 19.8 Å². The average Bonchev–Trinajstić information content (AvgIpc) is 2.35. The third-order valence-corrected chi connectivity index (χ3v) is 3.53. The molecule has 6 nitrogen and oxygen atoms in total. The highest BCUT2D eigenvalue weighted by atomic mass is 16.5. The Morgan fingerprint density at radius 2 is 1.94 bits per heavy atom. The summed E-state index contributed by atoms with van der Waals surface area (Å²) in [7, 11) is 0. The van der Waals surface area contributed by atoms with Gasteiger partial charge in [0.15, 0.2) is 0 Å². The Morgan fingerprint density at radius 3 is 2.39 bits per heavy atom. The first-order chi connectivity index (χ1) is 8.39. The summed E-state index contributed by atoms with van der Waals surface area (Å²) in [5.74, 6) is -1.15. The molecule has 6 heteroatoms. The fourth-order valence-corrected chi connectivity index (χ4v) is 1.91. The van der Waals surface area contributed by atoms with Crippen LogP contribution in [-0.2, 0) is 14.3 Å². The monoisotopic (exact) mass is 258 g/mol. The first kappa shape index (κ1) is 14.9. The number of rotatable bonds is 5. The lowest BCUT2D eigenvalue weighted by atomic mass is 9.80. The molecule has 1 saturated heterocycles. The molecule has 1 rings (SSSR count). The van der Waals surface area contributed by atoms with Crippen molar-refractivity contribution in [3.8, 4) is 0 Å². The second kappa shape index (κ2) is 6.15. The van der Waals surface area contributed by atoms with Crippen LogP contribution in [0, 0.1) is 11.3 Å². The minimum absolute atomic E-state index is 0.0282. The van der Waals surface area contributed by atoms with Gasteiger partial charge in [-0.1, -0.05) is 13.8 Å². The summed E-state index contributed by atoms with van der Waals surface area (Å²) in [5, 5.41) is 12.0. The van der Waals surface area contributed by atoms with Gasteiger partial charge in [-0.15, -0.1) is 0 Å².